The number of carbonyl (C=O) groups is 3. The first-order chi connectivity index (χ1) is 10.8. The number of anilines is 1. The average Bonchev–Trinajstić information content (AvgIpc) is 2.63. The lowest BCUT2D eigenvalue weighted by atomic mass is 9.95. The minimum absolute atomic E-state index is 0.186. The molecule has 2 rings (SSSR count). The van der Waals surface area contributed by atoms with E-state index in [0.29, 0.717) is 15.7 Å². The van der Waals surface area contributed by atoms with Gasteiger partial charge in [0.15, 0.2) is 5.78 Å². The van der Waals surface area contributed by atoms with Crippen LogP contribution in [0.4, 0.5) is 10.5 Å². The average molecular weight is 384 g/mol. The first-order valence-corrected chi connectivity index (χ1v) is 8.04. The fourth-order valence-electron chi connectivity index (χ4n) is 2.46. The van der Waals surface area contributed by atoms with Gasteiger partial charge in [-0.3, -0.25) is 14.5 Å². The van der Waals surface area contributed by atoms with Crippen LogP contribution in [0, 0.1) is 5.92 Å². The van der Waals surface area contributed by atoms with Crippen molar-refractivity contribution < 1.29 is 23.9 Å². The summed E-state index contributed by atoms with van der Waals surface area (Å²) in [5.74, 6) is -1.88. The van der Waals surface area contributed by atoms with Crippen LogP contribution in [0.25, 0.3) is 0 Å². The molecule has 0 unspecified atom stereocenters. The quantitative estimate of drug-likeness (QED) is 0.579. The smallest absolute Gasteiger partial charge is 0.414 e. The Morgan fingerprint density at radius 2 is 2.04 bits per heavy atom. The molecule has 0 bridgehead atoms. The van der Waals surface area contributed by atoms with Crippen molar-refractivity contribution in [1.29, 1.82) is 0 Å². The van der Waals surface area contributed by atoms with Crippen LogP contribution in [0.5, 0.6) is 0 Å². The molecule has 1 atom stereocenters. The van der Waals surface area contributed by atoms with Crippen molar-refractivity contribution in [2.24, 2.45) is 5.92 Å². The molecule has 1 heterocycles. The number of amides is 1. The zero-order valence-corrected chi connectivity index (χ0v) is 14.8. The molecule has 6 nitrogen and oxygen atoms in total. The van der Waals surface area contributed by atoms with Gasteiger partial charge in [0.2, 0.25) is 0 Å². The molecule has 1 aliphatic heterocycles. The van der Waals surface area contributed by atoms with E-state index in [-0.39, 0.29) is 24.9 Å². The molecule has 0 aliphatic carbocycles. The highest BCUT2D eigenvalue weighted by Gasteiger charge is 2.36. The summed E-state index contributed by atoms with van der Waals surface area (Å²) in [7, 11) is 1.24. The topological polar surface area (TPSA) is 72.9 Å². The zero-order valence-electron chi connectivity index (χ0n) is 13.2. The van der Waals surface area contributed by atoms with E-state index in [1.54, 1.807) is 32.0 Å². The third-order valence-corrected chi connectivity index (χ3v) is 4.01. The van der Waals surface area contributed by atoms with E-state index in [1.807, 2.05) is 0 Å². The van der Waals surface area contributed by atoms with E-state index in [1.165, 1.54) is 12.0 Å². The van der Waals surface area contributed by atoms with Crippen molar-refractivity contribution in [1.82, 2.24) is 0 Å². The van der Waals surface area contributed by atoms with E-state index in [4.69, 9.17) is 9.47 Å². The Hall–Kier alpha value is -1.89. The lowest BCUT2D eigenvalue weighted by Gasteiger charge is -2.23. The maximum Gasteiger partial charge on any atom is 0.414 e. The Balaban J connectivity index is 2.47. The molecule has 1 aliphatic rings. The second-order valence-electron chi connectivity index (χ2n) is 5.47. The van der Waals surface area contributed by atoms with Crippen LogP contribution in [0.1, 0.15) is 30.6 Å². The third kappa shape index (κ3) is 3.72. The number of esters is 1. The molecule has 23 heavy (non-hydrogen) atoms. The minimum Gasteiger partial charge on any atom is -0.468 e. The van der Waals surface area contributed by atoms with Gasteiger partial charge in [-0.1, -0.05) is 15.9 Å². The molecular formula is C16H18BrNO5. The van der Waals surface area contributed by atoms with Gasteiger partial charge in [-0.2, -0.15) is 0 Å². The van der Waals surface area contributed by atoms with Crippen LogP contribution in [-0.2, 0) is 14.3 Å². The number of fused-ring (bicyclic) bond motifs is 1. The Morgan fingerprint density at radius 3 is 2.65 bits per heavy atom. The maximum absolute atomic E-state index is 12.7. The zero-order chi connectivity index (χ0) is 17.1. The number of benzene rings is 1. The second kappa shape index (κ2) is 7.12. The summed E-state index contributed by atoms with van der Waals surface area (Å²) in [6.45, 7) is 3.70. The van der Waals surface area contributed by atoms with Crippen molar-refractivity contribution in [3.05, 3.63) is 28.2 Å². The van der Waals surface area contributed by atoms with Crippen molar-refractivity contribution >= 4 is 39.5 Å². The number of hydrogen-bond acceptors (Lipinski definition) is 5. The van der Waals surface area contributed by atoms with Gasteiger partial charge in [0.05, 0.1) is 18.9 Å². The first kappa shape index (κ1) is 17.5. The molecular weight excluding hydrogens is 366 g/mol. The van der Waals surface area contributed by atoms with Crippen LogP contribution < -0.4 is 4.90 Å². The molecule has 0 saturated heterocycles. The van der Waals surface area contributed by atoms with Crippen molar-refractivity contribution in [3.63, 3.8) is 0 Å². The summed E-state index contributed by atoms with van der Waals surface area (Å²) in [6, 6.07) is 5.01. The number of hydrogen-bond donors (Lipinski definition) is 0. The van der Waals surface area contributed by atoms with Gasteiger partial charge in [-0.25, -0.2) is 4.79 Å². The Labute approximate surface area is 142 Å². The summed E-state index contributed by atoms with van der Waals surface area (Å²) >= 11 is 3.31. The second-order valence-corrected chi connectivity index (χ2v) is 6.39. The summed E-state index contributed by atoms with van der Waals surface area (Å²) < 4.78 is 10.6. The molecule has 0 saturated carbocycles. The van der Waals surface area contributed by atoms with Crippen LogP contribution in [0.15, 0.2) is 22.7 Å². The standard InChI is InChI=1S/C16H18BrNO5/c1-9(2)23-16(21)18-7-6-11(15(20)22-3)14(19)12-8-10(17)4-5-13(12)18/h4-5,8-9,11H,6-7H2,1-3H3/t11-/m0/s1. The highest BCUT2D eigenvalue weighted by atomic mass is 79.9. The predicted molar refractivity (Wildman–Crippen MR) is 87.6 cm³/mol. The van der Waals surface area contributed by atoms with E-state index in [0.717, 1.165) is 0 Å². The summed E-state index contributed by atoms with van der Waals surface area (Å²) in [6.07, 6.45) is -0.635. The number of methoxy groups -OCH3 is 1. The van der Waals surface area contributed by atoms with Gasteiger partial charge in [-0.05, 0) is 38.5 Å². The monoisotopic (exact) mass is 383 g/mol. The van der Waals surface area contributed by atoms with E-state index in [9.17, 15) is 14.4 Å². The number of Topliss-reactive ketones (excluding diaryl/α,β-unsaturated/α-hetero) is 1. The third-order valence-electron chi connectivity index (χ3n) is 3.52. The lowest BCUT2D eigenvalue weighted by Crippen LogP contribution is -2.34. The molecule has 0 fully saturated rings. The largest absolute Gasteiger partial charge is 0.468 e. The predicted octanol–water partition coefficient (Wildman–Crippen LogP) is 3.18. The Bertz CT molecular complexity index is 643. The molecule has 124 valence electrons. The Kier molecular flexibility index (Phi) is 5.41. The maximum atomic E-state index is 12.7. The number of rotatable bonds is 2. The van der Waals surface area contributed by atoms with Gasteiger partial charge < -0.3 is 9.47 Å². The highest BCUT2D eigenvalue weighted by molar-refractivity contribution is 9.10. The van der Waals surface area contributed by atoms with Gasteiger partial charge in [0.25, 0.3) is 0 Å². The molecule has 0 radical (unpaired) electrons. The van der Waals surface area contributed by atoms with E-state index < -0.39 is 18.0 Å². The van der Waals surface area contributed by atoms with Crippen LogP contribution in [-0.4, -0.2) is 37.6 Å². The number of carbonyl (C=O) groups excluding carboxylic acids is 3. The minimum atomic E-state index is -0.926. The lowest BCUT2D eigenvalue weighted by molar-refractivity contribution is -0.143. The van der Waals surface area contributed by atoms with Gasteiger partial charge in [-0.15, -0.1) is 0 Å². The van der Waals surface area contributed by atoms with Gasteiger partial charge in [0, 0.05) is 16.6 Å². The van der Waals surface area contributed by atoms with E-state index >= 15 is 0 Å². The summed E-state index contributed by atoms with van der Waals surface area (Å²) in [4.78, 5) is 38.3. The van der Waals surface area contributed by atoms with Gasteiger partial charge in [0.1, 0.15) is 5.92 Å². The van der Waals surface area contributed by atoms with Crippen LogP contribution >= 0.6 is 15.9 Å². The van der Waals surface area contributed by atoms with Crippen LogP contribution in [0.3, 0.4) is 0 Å². The molecule has 0 aromatic heterocycles. The number of ether oxygens (including phenoxy) is 2. The molecule has 1 aromatic carbocycles. The highest BCUT2D eigenvalue weighted by Crippen LogP contribution is 2.32. The summed E-state index contributed by atoms with van der Waals surface area (Å²) in [5, 5.41) is 0. The van der Waals surface area contributed by atoms with Gasteiger partial charge >= 0.3 is 12.1 Å². The Morgan fingerprint density at radius 1 is 1.35 bits per heavy atom. The first-order valence-electron chi connectivity index (χ1n) is 7.25. The van der Waals surface area contributed by atoms with Crippen molar-refractivity contribution in [2.45, 2.75) is 26.4 Å². The molecule has 0 N–H and O–H groups in total. The molecule has 1 amide bonds. The SMILES string of the molecule is COC(=O)[C@H]1CCN(C(=O)OC(C)C)c2ccc(Br)cc2C1=O. The van der Waals surface area contributed by atoms with Crippen LogP contribution in [0.2, 0.25) is 0 Å². The fraction of sp³-hybridized carbons (Fsp3) is 0.438. The fourth-order valence-corrected chi connectivity index (χ4v) is 2.82. The van der Waals surface area contributed by atoms with Crippen molar-refractivity contribution in [3.8, 4) is 0 Å². The van der Waals surface area contributed by atoms with Crippen molar-refractivity contribution in [2.75, 3.05) is 18.6 Å². The van der Waals surface area contributed by atoms with E-state index in [2.05, 4.69) is 15.9 Å². The number of halogens is 1. The normalized spacial score (nSPS) is 17.5. The number of nitrogens with zero attached hydrogens (tertiary/aromatic N) is 1. The molecule has 7 heteroatoms. The molecule has 0 spiro atoms. The number of ketones is 1. The summed E-state index contributed by atoms with van der Waals surface area (Å²) in [5.41, 5.74) is 0.739. The molecule has 1 aromatic rings.